The number of hydrogen-bond donors (Lipinski definition) is 2. The molecule has 1 aromatic carbocycles. The Morgan fingerprint density at radius 2 is 1.82 bits per heavy atom. The van der Waals surface area contributed by atoms with Crippen molar-refractivity contribution in [2.75, 3.05) is 0 Å². The third-order valence-corrected chi connectivity index (χ3v) is 3.80. The van der Waals surface area contributed by atoms with Crippen LogP contribution in [0.25, 0.3) is 0 Å². The topological polar surface area (TPSA) is 96.2 Å². The fraction of sp³-hybridized carbons (Fsp3) is 0.312. The molecule has 0 saturated heterocycles. The fourth-order valence-corrected chi connectivity index (χ4v) is 2.68. The largest absolute Gasteiger partial charge is 0.302 e. The van der Waals surface area contributed by atoms with E-state index in [9.17, 15) is 15.3 Å². The Morgan fingerprint density at radius 3 is 2.36 bits per heavy atom. The van der Waals surface area contributed by atoms with E-state index in [1.54, 1.807) is 24.3 Å². The minimum atomic E-state index is -0.950. The average Bonchev–Trinajstić information content (AvgIpc) is 2.87. The van der Waals surface area contributed by atoms with Crippen LogP contribution in [0.2, 0.25) is 5.02 Å². The summed E-state index contributed by atoms with van der Waals surface area (Å²) in [4.78, 5) is 12.2. The van der Waals surface area contributed by atoms with Crippen LogP contribution < -0.4 is 5.56 Å². The predicted molar refractivity (Wildman–Crippen MR) is 83.4 cm³/mol. The smallest absolute Gasteiger partial charge is 0.268 e. The lowest BCUT2D eigenvalue weighted by atomic mass is 9.81. The van der Waals surface area contributed by atoms with Gasteiger partial charge in [0.2, 0.25) is 0 Å². The van der Waals surface area contributed by atoms with E-state index >= 15 is 0 Å². The van der Waals surface area contributed by atoms with Crippen LogP contribution in [-0.2, 0) is 6.42 Å². The van der Waals surface area contributed by atoms with Crippen molar-refractivity contribution < 1.29 is 0 Å². The van der Waals surface area contributed by atoms with Gasteiger partial charge in [-0.2, -0.15) is 10.5 Å². The van der Waals surface area contributed by atoms with Gasteiger partial charge in [0.05, 0.1) is 12.1 Å². The molecule has 0 bridgehead atoms. The van der Waals surface area contributed by atoms with Gasteiger partial charge in [-0.3, -0.25) is 9.89 Å². The van der Waals surface area contributed by atoms with Crippen LogP contribution in [-0.4, -0.2) is 10.2 Å². The summed E-state index contributed by atoms with van der Waals surface area (Å²) in [5.41, 5.74) is 1.62. The molecule has 6 heteroatoms. The lowest BCUT2D eigenvalue weighted by Crippen LogP contribution is -2.20. The molecule has 22 heavy (non-hydrogen) atoms. The summed E-state index contributed by atoms with van der Waals surface area (Å²) in [5.74, 6) is -1.56. The second-order valence-electron chi connectivity index (χ2n) is 4.99. The zero-order chi connectivity index (χ0) is 16.1. The van der Waals surface area contributed by atoms with Crippen LogP contribution in [0.4, 0.5) is 0 Å². The summed E-state index contributed by atoms with van der Waals surface area (Å²) >= 11 is 5.90. The maximum atomic E-state index is 12.2. The number of rotatable bonds is 5. The van der Waals surface area contributed by atoms with Crippen LogP contribution in [0.15, 0.2) is 29.1 Å². The van der Waals surface area contributed by atoms with Crippen LogP contribution in [0.1, 0.15) is 36.1 Å². The van der Waals surface area contributed by atoms with Crippen molar-refractivity contribution in [3.63, 3.8) is 0 Å². The highest BCUT2D eigenvalue weighted by atomic mass is 35.5. The highest BCUT2D eigenvalue weighted by Crippen LogP contribution is 2.32. The molecule has 0 fully saturated rings. The van der Waals surface area contributed by atoms with Gasteiger partial charge in [0.1, 0.15) is 5.92 Å². The van der Waals surface area contributed by atoms with E-state index in [2.05, 4.69) is 10.2 Å². The Bertz CT molecular complexity index is 762. The Hall–Kier alpha value is -2.50. The molecule has 0 radical (unpaired) electrons. The summed E-state index contributed by atoms with van der Waals surface area (Å²) in [6, 6.07) is 10.9. The summed E-state index contributed by atoms with van der Waals surface area (Å²) < 4.78 is 0. The highest BCUT2D eigenvalue weighted by Gasteiger charge is 2.30. The first-order valence-corrected chi connectivity index (χ1v) is 7.34. The normalized spacial score (nSPS) is 11.9. The predicted octanol–water partition coefficient (Wildman–Crippen LogP) is 3.10. The monoisotopic (exact) mass is 314 g/mol. The summed E-state index contributed by atoms with van der Waals surface area (Å²) in [6.45, 7) is 2.00. The van der Waals surface area contributed by atoms with Crippen molar-refractivity contribution >= 4 is 11.6 Å². The summed E-state index contributed by atoms with van der Waals surface area (Å²) in [6.07, 6.45) is 1.51. The summed E-state index contributed by atoms with van der Waals surface area (Å²) in [7, 11) is 0. The molecule has 1 aromatic heterocycles. The van der Waals surface area contributed by atoms with Gasteiger partial charge in [0, 0.05) is 22.2 Å². The van der Waals surface area contributed by atoms with Crippen LogP contribution in [0.3, 0.4) is 0 Å². The minimum absolute atomic E-state index is 0.293. The van der Waals surface area contributed by atoms with Crippen molar-refractivity contribution in [1.29, 1.82) is 10.5 Å². The first-order valence-electron chi connectivity index (χ1n) is 6.96. The van der Waals surface area contributed by atoms with Gasteiger partial charge in [-0.05, 0) is 24.1 Å². The number of hydrogen-bond acceptors (Lipinski definition) is 3. The maximum Gasteiger partial charge on any atom is 0.268 e. The standard InChI is InChI=1S/C16H15ClN4O/c1-2-3-13-15(16(22)21-20-13)14(11(8-18)9-19)10-4-6-12(17)7-5-10/h4-7,11,14H,2-3H2,1H3,(H2,20,21,22). The van der Waals surface area contributed by atoms with Crippen molar-refractivity contribution in [3.8, 4) is 12.1 Å². The molecule has 0 aliphatic rings. The third-order valence-electron chi connectivity index (χ3n) is 3.55. The number of nitriles is 2. The van der Waals surface area contributed by atoms with Gasteiger partial charge < -0.3 is 5.10 Å². The van der Waals surface area contributed by atoms with E-state index in [0.717, 1.165) is 17.7 Å². The lowest BCUT2D eigenvalue weighted by Gasteiger charge is -2.17. The first-order chi connectivity index (χ1) is 10.6. The number of aromatic nitrogens is 2. The molecule has 2 rings (SSSR count). The van der Waals surface area contributed by atoms with Gasteiger partial charge in [-0.1, -0.05) is 37.1 Å². The molecule has 112 valence electrons. The van der Waals surface area contributed by atoms with E-state index in [-0.39, 0.29) is 5.56 Å². The van der Waals surface area contributed by atoms with E-state index in [1.807, 2.05) is 19.1 Å². The number of benzene rings is 1. The fourth-order valence-electron chi connectivity index (χ4n) is 2.55. The zero-order valence-electron chi connectivity index (χ0n) is 12.1. The Balaban J connectivity index is 2.62. The number of nitrogens with zero attached hydrogens (tertiary/aromatic N) is 2. The van der Waals surface area contributed by atoms with Crippen molar-refractivity contribution in [2.45, 2.75) is 25.7 Å². The molecule has 0 saturated carbocycles. The quantitative estimate of drug-likeness (QED) is 0.887. The Labute approximate surface area is 133 Å². The molecular weight excluding hydrogens is 300 g/mol. The molecule has 1 unspecified atom stereocenters. The molecule has 0 aliphatic carbocycles. The third kappa shape index (κ3) is 3.05. The molecule has 0 amide bonds. The molecule has 1 heterocycles. The SMILES string of the molecule is CCCc1[nH][nH]c(=O)c1C(c1ccc(Cl)cc1)C(C#N)C#N. The van der Waals surface area contributed by atoms with Crippen molar-refractivity contribution in [1.82, 2.24) is 10.2 Å². The zero-order valence-corrected chi connectivity index (χ0v) is 12.8. The molecule has 1 atom stereocenters. The van der Waals surface area contributed by atoms with Gasteiger partial charge >= 0.3 is 0 Å². The number of nitrogens with one attached hydrogen (secondary N) is 2. The Kier molecular flexibility index (Phi) is 5.04. The van der Waals surface area contributed by atoms with Gasteiger partial charge in [-0.25, -0.2) is 0 Å². The molecule has 2 N–H and O–H groups in total. The first kappa shape index (κ1) is 15.9. The van der Waals surface area contributed by atoms with E-state index in [0.29, 0.717) is 17.0 Å². The lowest BCUT2D eigenvalue weighted by molar-refractivity contribution is 0.692. The molecule has 0 aliphatic heterocycles. The molecule has 0 spiro atoms. The number of aromatic amines is 2. The molecule has 5 nitrogen and oxygen atoms in total. The second kappa shape index (κ2) is 6.98. The van der Waals surface area contributed by atoms with Gasteiger partial charge in [-0.15, -0.1) is 0 Å². The van der Waals surface area contributed by atoms with Crippen LogP contribution in [0.5, 0.6) is 0 Å². The van der Waals surface area contributed by atoms with E-state index in [4.69, 9.17) is 11.6 Å². The van der Waals surface area contributed by atoms with Gasteiger partial charge in [0.25, 0.3) is 5.56 Å². The van der Waals surface area contributed by atoms with Crippen molar-refractivity contribution in [3.05, 3.63) is 56.5 Å². The summed E-state index contributed by atoms with van der Waals surface area (Å²) in [5, 5.41) is 24.6. The highest BCUT2D eigenvalue weighted by molar-refractivity contribution is 6.30. The maximum absolute atomic E-state index is 12.2. The second-order valence-corrected chi connectivity index (χ2v) is 5.42. The van der Waals surface area contributed by atoms with Gasteiger partial charge in [0.15, 0.2) is 0 Å². The van der Waals surface area contributed by atoms with Crippen LogP contribution >= 0.6 is 11.6 Å². The van der Waals surface area contributed by atoms with E-state index < -0.39 is 11.8 Å². The van der Waals surface area contributed by atoms with Crippen molar-refractivity contribution in [2.24, 2.45) is 5.92 Å². The molecule has 2 aromatic rings. The number of H-pyrrole nitrogens is 2. The van der Waals surface area contributed by atoms with E-state index in [1.165, 1.54) is 0 Å². The molecular formula is C16H15ClN4O. The number of aryl methyl sites for hydroxylation is 1. The minimum Gasteiger partial charge on any atom is -0.302 e. The van der Waals surface area contributed by atoms with Crippen LogP contribution in [0, 0.1) is 28.6 Å². The Morgan fingerprint density at radius 1 is 1.18 bits per heavy atom. The number of halogens is 1. The average molecular weight is 315 g/mol.